The highest BCUT2D eigenvalue weighted by atomic mass is 15.0. The van der Waals surface area contributed by atoms with Crippen molar-refractivity contribution in [2.75, 3.05) is 0 Å². The molecule has 0 N–H and O–H groups in total. The average Bonchev–Trinajstić information content (AvgIpc) is 3.35. The maximum atomic E-state index is 5.11. The van der Waals surface area contributed by atoms with Gasteiger partial charge in [0.15, 0.2) is 17.5 Å². The monoisotopic (exact) mass is 791 g/mol. The molecule has 0 bridgehead atoms. The minimum absolute atomic E-state index is 0.527. The van der Waals surface area contributed by atoms with E-state index in [1.165, 1.54) is 0 Å². The van der Waals surface area contributed by atoms with Crippen molar-refractivity contribution >= 4 is 54.4 Å². The number of hydrogen-bond acceptors (Lipinski definition) is 7. The minimum atomic E-state index is 0.527. The summed E-state index contributed by atoms with van der Waals surface area (Å²) < 4.78 is 0. The van der Waals surface area contributed by atoms with Crippen molar-refractivity contribution in [3.8, 4) is 67.9 Å². The van der Waals surface area contributed by atoms with Crippen LogP contribution in [0.3, 0.4) is 0 Å². The molecule has 5 aromatic heterocycles. The maximum Gasteiger partial charge on any atom is 0.182 e. The number of fused-ring (bicyclic) bond motifs is 6. The van der Waals surface area contributed by atoms with Crippen LogP contribution in [0.2, 0.25) is 0 Å². The highest BCUT2D eigenvalue weighted by Gasteiger charge is 2.15. The normalized spacial score (nSPS) is 11.5. The summed E-state index contributed by atoms with van der Waals surface area (Å²) in [5.41, 5.74) is 12.3. The van der Waals surface area contributed by atoms with Crippen LogP contribution in [0.5, 0.6) is 0 Å². The van der Waals surface area contributed by atoms with Gasteiger partial charge in [-0.2, -0.15) is 0 Å². The van der Waals surface area contributed by atoms with E-state index < -0.39 is 0 Å². The number of nitrogens with zero attached hydrogens (tertiary/aromatic N) is 7. The van der Waals surface area contributed by atoms with Gasteiger partial charge in [-0.15, -0.1) is 0 Å². The number of pyridine rings is 4. The van der Waals surface area contributed by atoms with E-state index in [9.17, 15) is 0 Å². The molecule has 7 aromatic carbocycles. The van der Waals surface area contributed by atoms with Crippen LogP contribution in [-0.2, 0) is 0 Å². The number of rotatable bonds is 6. The third-order valence-electron chi connectivity index (χ3n) is 11.5. The molecular weight excluding hydrogens is 759 g/mol. The molecule has 5 heterocycles. The molecule has 0 saturated carbocycles. The zero-order chi connectivity index (χ0) is 41.0. The Morgan fingerprint density at radius 2 is 0.742 bits per heavy atom. The summed E-state index contributed by atoms with van der Waals surface area (Å²) >= 11 is 0. The van der Waals surface area contributed by atoms with Crippen LogP contribution in [0.15, 0.2) is 200 Å². The van der Waals surface area contributed by atoms with E-state index in [4.69, 9.17) is 29.9 Å². The van der Waals surface area contributed by atoms with Crippen molar-refractivity contribution in [1.82, 2.24) is 34.9 Å². The lowest BCUT2D eigenvalue weighted by molar-refractivity contribution is 1.06. The second kappa shape index (κ2) is 14.6. The van der Waals surface area contributed by atoms with Crippen molar-refractivity contribution in [2.45, 2.75) is 0 Å². The van der Waals surface area contributed by atoms with Gasteiger partial charge in [-0.1, -0.05) is 140 Å². The van der Waals surface area contributed by atoms with E-state index in [1.54, 1.807) is 0 Å². The molecule has 0 spiro atoms. The smallest absolute Gasteiger partial charge is 0.182 e. The van der Waals surface area contributed by atoms with Crippen LogP contribution in [0.1, 0.15) is 0 Å². The van der Waals surface area contributed by atoms with E-state index in [1.807, 2.05) is 79.0 Å². The van der Waals surface area contributed by atoms with Gasteiger partial charge in [0, 0.05) is 50.0 Å². The lowest BCUT2D eigenvalue weighted by Crippen LogP contribution is -2.01. The van der Waals surface area contributed by atoms with Gasteiger partial charge in [-0.25, -0.2) is 29.9 Å². The molecule has 0 unspecified atom stereocenters. The van der Waals surface area contributed by atoms with Crippen LogP contribution in [0.25, 0.3) is 122 Å². The van der Waals surface area contributed by atoms with E-state index in [0.29, 0.717) is 23.2 Å². The first-order valence-electron chi connectivity index (χ1n) is 20.5. The van der Waals surface area contributed by atoms with Crippen LogP contribution in [-0.4, -0.2) is 34.9 Å². The summed E-state index contributed by atoms with van der Waals surface area (Å²) in [7, 11) is 0. The van der Waals surface area contributed by atoms with Crippen LogP contribution in [0.4, 0.5) is 0 Å². The topological polar surface area (TPSA) is 90.2 Å². The fourth-order valence-electron chi connectivity index (χ4n) is 8.26. The standard InChI is InChI=1S/C55H33N7/c1-3-8-37(9-4-1)53-60-54(38-10-5-2-6-11-38)62-55(61-53)49-28-21-34-13-16-42(33-50(34)58-49)41-23-26-46-45(32-41)24-27-47(57-46)43-19-17-40-31-44(20-18-39(40)30-43)48-25-22-36-15-14-35-12-7-29-56-51(35)52(36)59-48/h1-33H. The Hall–Kier alpha value is -8.55. The molecule has 12 aromatic rings. The van der Waals surface area contributed by atoms with Gasteiger partial charge in [0.05, 0.1) is 33.5 Å². The Morgan fingerprint density at radius 1 is 0.242 bits per heavy atom. The third-order valence-corrected chi connectivity index (χ3v) is 11.5. The number of benzene rings is 7. The highest BCUT2D eigenvalue weighted by Crippen LogP contribution is 2.33. The second-order valence-corrected chi connectivity index (χ2v) is 15.4. The zero-order valence-electron chi connectivity index (χ0n) is 33.2. The van der Waals surface area contributed by atoms with E-state index >= 15 is 0 Å². The van der Waals surface area contributed by atoms with Gasteiger partial charge in [-0.3, -0.25) is 4.98 Å². The van der Waals surface area contributed by atoms with E-state index in [2.05, 4.69) is 126 Å². The van der Waals surface area contributed by atoms with Crippen molar-refractivity contribution in [1.29, 1.82) is 0 Å². The van der Waals surface area contributed by atoms with E-state index in [0.717, 1.165) is 99.2 Å². The molecule has 0 fully saturated rings. The lowest BCUT2D eigenvalue weighted by Gasteiger charge is -2.10. The van der Waals surface area contributed by atoms with Crippen molar-refractivity contribution < 1.29 is 0 Å². The number of hydrogen-bond donors (Lipinski definition) is 0. The average molecular weight is 792 g/mol. The molecular formula is C55H33N7. The van der Waals surface area contributed by atoms with E-state index in [-0.39, 0.29) is 0 Å². The predicted octanol–water partition coefficient (Wildman–Crippen LogP) is 13.2. The molecule has 0 aliphatic rings. The molecule has 12 rings (SSSR count). The van der Waals surface area contributed by atoms with Crippen molar-refractivity contribution in [3.63, 3.8) is 0 Å². The molecule has 0 amide bonds. The molecule has 7 heteroatoms. The van der Waals surface area contributed by atoms with Crippen LogP contribution in [0, 0.1) is 0 Å². The zero-order valence-corrected chi connectivity index (χ0v) is 33.2. The van der Waals surface area contributed by atoms with Gasteiger partial charge in [0.1, 0.15) is 5.69 Å². The molecule has 7 nitrogen and oxygen atoms in total. The largest absolute Gasteiger partial charge is 0.254 e. The molecule has 0 radical (unpaired) electrons. The predicted molar refractivity (Wildman–Crippen MR) is 251 cm³/mol. The first-order valence-corrected chi connectivity index (χ1v) is 20.5. The highest BCUT2D eigenvalue weighted by molar-refractivity contribution is 6.03. The lowest BCUT2D eigenvalue weighted by atomic mass is 9.99. The Morgan fingerprint density at radius 3 is 1.47 bits per heavy atom. The molecule has 0 aliphatic carbocycles. The van der Waals surface area contributed by atoms with Gasteiger partial charge < -0.3 is 0 Å². The molecule has 0 aliphatic heterocycles. The van der Waals surface area contributed by atoms with Gasteiger partial charge >= 0.3 is 0 Å². The Balaban J connectivity index is 0.837. The second-order valence-electron chi connectivity index (χ2n) is 15.4. The minimum Gasteiger partial charge on any atom is -0.254 e. The fourth-order valence-corrected chi connectivity index (χ4v) is 8.26. The molecule has 62 heavy (non-hydrogen) atoms. The summed E-state index contributed by atoms with van der Waals surface area (Å²) in [5, 5.41) is 6.57. The Bertz CT molecular complexity index is 3640. The summed E-state index contributed by atoms with van der Waals surface area (Å²) in [6.07, 6.45) is 1.83. The van der Waals surface area contributed by atoms with Gasteiger partial charge in [-0.05, 0) is 76.5 Å². The maximum absolute atomic E-state index is 5.11. The van der Waals surface area contributed by atoms with Crippen molar-refractivity contribution in [2.24, 2.45) is 0 Å². The molecule has 288 valence electrons. The fraction of sp³-hybridized carbons (Fsp3) is 0. The molecule has 0 atom stereocenters. The summed E-state index contributed by atoms with van der Waals surface area (Å²) in [5.74, 6) is 1.74. The van der Waals surface area contributed by atoms with Crippen LogP contribution >= 0.6 is 0 Å². The SMILES string of the molecule is c1ccc(-c2nc(-c3ccccc3)nc(-c3ccc4ccc(-c5ccc6nc(-c7ccc8cc(-c9ccc%10ccc%11cccnc%11c%10n9)ccc8c7)ccc6c5)cc4n3)n2)cc1. The van der Waals surface area contributed by atoms with Gasteiger partial charge in [0.25, 0.3) is 0 Å². The summed E-state index contributed by atoms with van der Waals surface area (Å²) in [6.45, 7) is 0. The summed E-state index contributed by atoms with van der Waals surface area (Å²) in [4.78, 5) is 34.6. The Kier molecular flexibility index (Phi) is 8.35. The quantitative estimate of drug-likeness (QED) is 0.155. The number of aromatic nitrogens is 7. The summed E-state index contributed by atoms with van der Waals surface area (Å²) in [6, 6.07) is 66.7. The van der Waals surface area contributed by atoms with Crippen molar-refractivity contribution in [3.05, 3.63) is 200 Å². The van der Waals surface area contributed by atoms with Crippen LogP contribution < -0.4 is 0 Å². The van der Waals surface area contributed by atoms with Gasteiger partial charge in [0.2, 0.25) is 0 Å². The first kappa shape index (κ1) is 35.4. The molecule has 0 saturated heterocycles. The first-order chi connectivity index (χ1) is 30.6. The Labute approximate surface area is 356 Å². The third kappa shape index (κ3) is 6.45.